The first kappa shape index (κ1) is 31.1. The third-order valence-corrected chi connectivity index (χ3v) is 5.56. The topological polar surface area (TPSA) is 61.7 Å². The minimum atomic E-state index is -4.87. The minimum Gasteiger partial charge on any atom is -0.406 e. The lowest BCUT2D eigenvalue weighted by Crippen LogP contribution is -2.41. The molecule has 10 heteroatoms. The van der Waals surface area contributed by atoms with E-state index in [-0.39, 0.29) is 42.9 Å². The summed E-state index contributed by atoms with van der Waals surface area (Å²) >= 11 is 0. The van der Waals surface area contributed by atoms with Gasteiger partial charge in [-0.3, -0.25) is 0 Å². The van der Waals surface area contributed by atoms with Crippen LogP contribution in [-0.2, 0) is 16.6 Å². The Morgan fingerprint density at radius 1 is 1.00 bits per heavy atom. The molecule has 0 saturated carbocycles. The van der Waals surface area contributed by atoms with Gasteiger partial charge in [0.1, 0.15) is 5.76 Å². The van der Waals surface area contributed by atoms with Crippen LogP contribution in [0.15, 0.2) is 84.2 Å². The highest BCUT2D eigenvalue weighted by Crippen LogP contribution is 2.41. The Morgan fingerprint density at radius 2 is 1.66 bits per heavy atom. The maximum Gasteiger partial charge on any atom is 0.573 e. The lowest BCUT2D eigenvalue weighted by Gasteiger charge is -2.38. The van der Waals surface area contributed by atoms with E-state index in [1.807, 2.05) is 30.3 Å². The molecule has 0 radical (unpaired) electrons. The third kappa shape index (κ3) is 10.4. The van der Waals surface area contributed by atoms with Crippen molar-refractivity contribution in [2.75, 3.05) is 6.54 Å². The molecule has 208 valence electrons. The highest BCUT2D eigenvalue weighted by atomic mass is 19.4. The normalized spacial score (nSPS) is 15.9. The van der Waals surface area contributed by atoms with Crippen LogP contribution in [0.1, 0.15) is 43.4 Å². The van der Waals surface area contributed by atoms with Gasteiger partial charge in [0.05, 0.1) is 0 Å². The second-order valence-electron chi connectivity index (χ2n) is 9.04. The maximum absolute atomic E-state index is 12.9. The van der Waals surface area contributed by atoms with E-state index in [0.29, 0.717) is 17.6 Å². The molecule has 2 aromatic rings. The fourth-order valence-corrected chi connectivity index (χ4v) is 4.14. The lowest BCUT2D eigenvalue weighted by molar-refractivity contribution is -0.303. The number of ether oxygens (including phenoxy) is 1. The molecule has 1 atom stereocenters. The molecule has 1 unspecified atom stereocenters. The lowest BCUT2D eigenvalue weighted by atomic mass is 9.67. The van der Waals surface area contributed by atoms with Crippen LogP contribution < -0.4 is 5.48 Å². The number of allylic oxidation sites excluding steroid dienone is 3. The average molecular weight is 544 g/mol. The molecule has 4 nitrogen and oxygen atoms in total. The quantitative estimate of drug-likeness (QED) is 0.243. The van der Waals surface area contributed by atoms with E-state index in [9.17, 15) is 31.5 Å². The molecule has 2 aromatic carbocycles. The van der Waals surface area contributed by atoms with Gasteiger partial charge in [0.25, 0.3) is 0 Å². The Balaban J connectivity index is 0.00000118. The van der Waals surface area contributed by atoms with Crippen molar-refractivity contribution in [3.8, 4) is 0 Å². The Kier molecular flexibility index (Phi) is 11.2. The summed E-state index contributed by atoms with van der Waals surface area (Å²) in [5.74, 6) is -0.364. The average Bonchev–Trinajstić information content (AvgIpc) is 2.82. The summed E-state index contributed by atoms with van der Waals surface area (Å²) in [5.41, 5.74) is 3.28. The first-order valence-corrected chi connectivity index (χ1v) is 11.9. The van der Waals surface area contributed by atoms with Crippen molar-refractivity contribution >= 4 is 6.08 Å². The van der Waals surface area contributed by atoms with E-state index in [1.54, 1.807) is 32.0 Å². The van der Waals surface area contributed by atoms with Crippen molar-refractivity contribution in [2.24, 2.45) is 0 Å². The highest BCUT2D eigenvalue weighted by Gasteiger charge is 2.39. The molecule has 1 aliphatic rings. The Labute approximate surface area is 217 Å². The fourth-order valence-electron chi connectivity index (χ4n) is 4.14. The predicted octanol–water partition coefficient (Wildman–Crippen LogP) is 7.25. The van der Waals surface area contributed by atoms with Crippen LogP contribution in [0, 0.1) is 0 Å². The molecular formula is C28H31F6NO3. The van der Waals surface area contributed by atoms with Gasteiger partial charge in [-0.15, -0.1) is 13.2 Å². The van der Waals surface area contributed by atoms with Crippen LogP contribution in [0.3, 0.4) is 0 Å². The van der Waals surface area contributed by atoms with Crippen molar-refractivity contribution in [1.82, 2.24) is 5.48 Å². The van der Waals surface area contributed by atoms with Gasteiger partial charge >= 0.3 is 12.5 Å². The largest absolute Gasteiger partial charge is 0.573 e. The number of benzene rings is 2. The van der Waals surface area contributed by atoms with E-state index in [4.69, 9.17) is 5.11 Å². The van der Waals surface area contributed by atoms with E-state index in [2.05, 4.69) is 10.2 Å². The van der Waals surface area contributed by atoms with Crippen LogP contribution >= 0.6 is 0 Å². The van der Waals surface area contributed by atoms with Gasteiger partial charge < -0.3 is 15.1 Å². The van der Waals surface area contributed by atoms with Gasteiger partial charge in [0.15, 0.2) is 0 Å². The standard InChI is InChI=1S/C25H23F6NO2.C3H8O/c26-24(27,28)13-12-18-8-4-9-20(14-18)23(17-32-33,16-19-6-2-1-3-7-19)21-10-5-11-22(15-21)34-25(29,30)31;1-3(2)4/h1-4,6-9,11-15,32-33H,5,10,16-17H2;3-4H,1-2H3/b13-12-;. The monoisotopic (exact) mass is 543 g/mol. The minimum absolute atomic E-state index is 0.0839. The van der Waals surface area contributed by atoms with E-state index >= 15 is 0 Å². The number of hydroxylamine groups is 1. The van der Waals surface area contributed by atoms with Gasteiger partial charge in [-0.25, -0.2) is 5.48 Å². The number of halogens is 6. The van der Waals surface area contributed by atoms with Crippen molar-refractivity contribution in [2.45, 2.75) is 57.2 Å². The highest BCUT2D eigenvalue weighted by molar-refractivity contribution is 5.54. The second kappa shape index (κ2) is 13.6. The van der Waals surface area contributed by atoms with Crippen LogP contribution in [0.5, 0.6) is 0 Å². The number of alkyl halides is 6. The van der Waals surface area contributed by atoms with Crippen molar-refractivity contribution in [3.63, 3.8) is 0 Å². The first-order chi connectivity index (χ1) is 17.7. The predicted molar refractivity (Wildman–Crippen MR) is 133 cm³/mol. The van der Waals surface area contributed by atoms with Crippen LogP contribution in [0.25, 0.3) is 6.08 Å². The van der Waals surface area contributed by atoms with Crippen molar-refractivity contribution in [3.05, 3.63) is 101 Å². The van der Waals surface area contributed by atoms with E-state index < -0.39 is 18.0 Å². The fraction of sp³-hybridized carbons (Fsp3) is 0.357. The van der Waals surface area contributed by atoms with Gasteiger partial charge in [-0.1, -0.05) is 66.2 Å². The summed E-state index contributed by atoms with van der Waals surface area (Å²) in [6, 6.07) is 15.4. The third-order valence-electron chi connectivity index (χ3n) is 5.56. The molecule has 0 heterocycles. The van der Waals surface area contributed by atoms with E-state index in [1.165, 1.54) is 18.2 Å². The SMILES string of the molecule is CC(C)O.ONCC(Cc1ccccc1)(C1=CC(OC(F)(F)F)=CCC1)c1cccc(/C=C\C(F)(F)F)c1. The van der Waals surface area contributed by atoms with Crippen molar-refractivity contribution in [1.29, 1.82) is 0 Å². The van der Waals surface area contributed by atoms with Crippen LogP contribution in [0.2, 0.25) is 0 Å². The number of aliphatic hydroxyl groups excluding tert-OH is 1. The zero-order valence-corrected chi connectivity index (χ0v) is 21.0. The molecule has 0 spiro atoms. The molecule has 0 aromatic heterocycles. The number of hydrogen-bond donors (Lipinski definition) is 3. The molecule has 1 aliphatic carbocycles. The summed E-state index contributed by atoms with van der Waals surface area (Å²) in [5, 5.41) is 17.8. The summed E-state index contributed by atoms with van der Waals surface area (Å²) in [6.45, 7) is 3.36. The van der Waals surface area contributed by atoms with Crippen LogP contribution in [0.4, 0.5) is 26.3 Å². The maximum atomic E-state index is 12.9. The molecule has 3 rings (SSSR count). The molecule has 0 saturated heterocycles. The van der Waals surface area contributed by atoms with Gasteiger partial charge in [-0.2, -0.15) is 13.2 Å². The Bertz CT molecular complexity index is 1100. The number of hydrogen-bond acceptors (Lipinski definition) is 4. The number of nitrogens with one attached hydrogen (secondary N) is 1. The summed E-state index contributed by atoms with van der Waals surface area (Å²) < 4.78 is 80.9. The van der Waals surface area contributed by atoms with Crippen LogP contribution in [-0.4, -0.2) is 35.5 Å². The van der Waals surface area contributed by atoms with Crippen molar-refractivity contribution < 1.29 is 41.4 Å². The molecular weight excluding hydrogens is 512 g/mol. The summed E-state index contributed by atoms with van der Waals surface area (Å²) in [4.78, 5) is 0. The number of aliphatic hydroxyl groups is 1. The van der Waals surface area contributed by atoms with Gasteiger partial charge in [0.2, 0.25) is 0 Å². The second-order valence-corrected chi connectivity index (χ2v) is 9.04. The molecule has 0 fully saturated rings. The molecule has 0 aliphatic heterocycles. The Hall–Kier alpha value is -3.08. The van der Waals surface area contributed by atoms with E-state index in [0.717, 1.165) is 11.6 Å². The summed E-state index contributed by atoms with van der Waals surface area (Å²) in [6.07, 6.45) is -4.93. The first-order valence-electron chi connectivity index (χ1n) is 11.9. The molecule has 3 N–H and O–H groups in total. The number of rotatable bonds is 8. The molecule has 38 heavy (non-hydrogen) atoms. The zero-order valence-electron chi connectivity index (χ0n) is 21.0. The molecule has 0 amide bonds. The zero-order chi connectivity index (χ0) is 28.4. The Morgan fingerprint density at radius 3 is 2.24 bits per heavy atom. The smallest absolute Gasteiger partial charge is 0.406 e. The summed E-state index contributed by atoms with van der Waals surface area (Å²) in [7, 11) is 0. The van der Waals surface area contributed by atoms with Gasteiger partial charge in [-0.05, 0) is 62.0 Å². The van der Waals surface area contributed by atoms with Gasteiger partial charge in [0, 0.05) is 24.1 Å². The molecule has 0 bridgehead atoms.